The lowest BCUT2D eigenvalue weighted by Gasteiger charge is -2.46. The Morgan fingerprint density at radius 2 is 1.23 bits per heavy atom. The first-order valence-electron chi connectivity index (χ1n) is 16.8. The molecule has 1 aliphatic rings. The molecule has 1 fully saturated rings. The summed E-state index contributed by atoms with van der Waals surface area (Å²) in [6, 6.07) is 27.6. The number of rotatable bonds is 14. The third-order valence-corrected chi connectivity index (χ3v) is 16.0. The molecule has 5 heteroatoms. The maximum atomic E-state index is 7.07. The Kier molecular flexibility index (Phi) is 12.4. The molecule has 1 heterocycles. The first kappa shape index (κ1) is 34.6. The van der Waals surface area contributed by atoms with Gasteiger partial charge in [0, 0.05) is 5.92 Å². The number of hydrogen-bond acceptors (Lipinski definition) is 4. The highest BCUT2D eigenvalue weighted by atomic mass is 28.4. The highest BCUT2D eigenvalue weighted by Crippen LogP contribution is 2.44. The molecule has 4 nitrogen and oxygen atoms in total. The second-order valence-electron chi connectivity index (χ2n) is 13.7. The molecule has 1 aliphatic heterocycles. The van der Waals surface area contributed by atoms with Crippen molar-refractivity contribution in [3.63, 3.8) is 0 Å². The van der Waals surface area contributed by atoms with Crippen molar-refractivity contribution in [2.75, 3.05) is 0 Å². The Morgan fingerprint density at radius 3 is 1.73 bits per heavy atom. The molecule has 3 aromatic carbocycles. The topological polar surface area (TPSA) is 36.9 Å². The van der Waals surface area contributed by atoms with Crippen molar-refractivity contribution in [2.45, 2.75) is 130 Å². The fraction of sp³-hybridized carbons (Fsp3) is 0.538. The summed E-state index contributed by atoms with van der Waals surface area (Å²) in [5.74, 6) is 0.184. The number of aryl methyl sites for hydroxylation is 1. The van der Waals surface area contributed by atoms with E-state index in [9.17, 15) is 0 Å². The summed E-state index contributed by atoms with van der Waals surface area (Å²) in [5.41, 5.74) is 7.56. The van der Waals surface area contributed by atoms with Crippen molar-refractivity contribution in [1.29, 1.82) is 0 Å². The maximum absolute atomic E-state index is 7.07. The number of hydrogen-bond donors (Lipinski definition) is 0. The van der Waals surface area contributed by atoms with Crippen molar-refractivity contribution in [1.82, 2.24) is 0 Å². The van der Waals surface area contributed by atoms with Crippen LogP contribution in [-0.4, -0.2) is 26.6 Å². The average Bonchev–Trinajstić information content (AvgIpc) is 3.01. The summed E-state index contributed by atoms with van der Waals surface area (Å²) in [4.78, 5) is 0. The Bertz CT molecular complexity index is 1250. The molecule has 0 spiro atoms. The molecule has 44 heavy (non-hydrogen) atoms. The van der Waals surface area contributed by atoms with Gasteiger partial charge in [-0.15, -0.1) is 0 Å². The van der Waals surface area contributed by atoms with Crippen LogP contribution in [0.25, 0.3) is 0 Å². The van der Waals surface area contributed by atoms with Gasteiger partial charge in [0.15, 0.2) is 0 Å². The fourth-order valence-corrected chi connectivity index (χ4v) is 12.9. The lowest BCUT2D eigenvalue weighted by atomic mass is 9.84. The third kappa shape index (κ3) is 7.92. The van der Waals surface area contributed by atoms with Crippen LogP contribution in [0.3, 0.4) is 0 Å². The summed E-state index contributed by atoms with van der Waals surface area (Å²) < 4.78 is 27.6. The monoisotopic (exact) mass is 616 g/mol. The van der Waals surface area contributed by atoms with Gasteiger partial charge in [-0.3, -0.25) is 0 Å². The predicted molar refractivity (Wildman–Crippen MR) is 184 cm³/mol. The summed E-state index contributed by atoms with van der Waals surface area (Å²) in [5, 5.41) is 0. The Hall–Kier alpha value is -2.28. The van der Waals surface area contributed by atoms with Crippen LogP contribution in [0.4, 0.5) is 0 Å². The Balaban J connectivity index is 1.67. The number of benzene rings is 3. The van der Waals surface area contributed by atoms with Crippen LogP contribution in [0.15, 0.2) is 78.9 Å². The molecule has 0 amide bonds. The molecular formula is C39H56O4Si. The highest BCUT2D eigenvalue weighted by Gasteiger charge is 2.46. The van der Waals surface area contributed by atoms with Gasteiger partial charge in [-0.05, 0) is 57.8 Å². The van der Waals surface area contributed by atoms with Gasteiger partial charge in [-0.25, -0.2) is 0 Å². The zero-order valence-electron chi connectivity index (χ0n) is 28.6. The molecule has 240 valence electrons. The summed E-state index contributed by atoms with van der Waals surface area (Å²) in [6.45, 7) is 22.4. The molecular weight excluding hydrogens is 561 g/mol. The van der Waals surface area contributed by atoms with E-state index in [1.54, 1.807) is 0 Å². The molecule has 1 saturated heterocycles. The highest BCUT2D eigenvalue weighted by molar-refractivity contribution is 6.77. The maximum Gasteiger partial charge on any atom is 0.200 e. The van der Waals surface area contributed by atoms with E-state index >= 15 is 0 Å². The number of ether oxygens (including phenoxy) is 3. The fourth-order valence-electron chi connectivity index (χ4n) is 7.50. The lowest BCUT2D eigenvalue weighted by molar-refractivity contribution is -0.234. The van der Waals surface area contributed by atoms with Crippen LogP contribution in [0.2, 0.25) is 16.6 Å². The Morgan fingerprint density at radius 1 is 0.705 bits per heavy atom. The van der Waals surface area contributed by atoms with E-state index in [1.165, 1.54) is 16.7 Å². The normalized spacial score (nSPS) is 22.7. The molecule has 0 bridgehead atoms. The molecule has 4 rings (SSSR count). The van der Waals surface area contributed by atoms with Gasteiger partial charge in [0.2, 0.25) is 8.32 Å². The standard InChI is InChI=1S/C39H56O4Si/c1-10-36-31(9)37(40-24-32-17-13-11-14-18-32)39(41-25-33-19-15-12-16-20-33)38(43-36)34-22-21-30(8)35(23-34)26-42-44(27(2)3,28(4)5)29(6)7/h11-23,27-29,31,36-39H,10,24-26H2,1-9H3/t31-,36-,37+,38?,39-/m1/s1. The van der Waals surface area contributed by atoms with E-state index in [0.717, 1.165) is 17.5 Å². The lowest BCUT2D eigenvalue weighted by Crippen LogP contribution is -2.51. The largest absolute Gasteiger partial charge is 0.412 e. The summed E-state index contributed by atoms with van der Waals surface area (Å²) in [7, 11) is -2.01. The van der Waals surface area contributed by atoms with Crippen molar-refractivity contribution < 1.29 is 18.6 Å². The van der Waals surface area contributed by atoms with E-state index < -0.39 is 8.32 Å². The molecule has 1 unspecified atom stereocenters. The van der Waals surface area contributed by atoms with Crippen molar-refractivity contribution in [2.24, 2.45) is 5.92 Å². The Labute approximate surface area is 268 Å². The first-order valence-corrected chi connectivity index (χ1v) is 18.9. The van der Waals surface area contributed by atoms with Gasteiger partial charge < -0.3 is 18.6 Å². The summed E-state index contributed by atoms with van der Waals surface area (Å²) >= 11 is 0. The zero-order chi connectivity index (χ0) is 31.9. The van der Waals surface area contributed by atoms with Crippen molar-refractivity contribution >= 4 is 8.32 Å². The predicted octanol–water partition coefficient (Wildman–Crippen LogP) is 10.3. The van der Waals surface area contributed by atoms with E-state index in [2.05, 4.69) is 129 Å². The smallest absolute Gasteiger partial charge is 0.200 e. The first-order chi connectivity index (χ1) is 21.1. The molecule has 0 saturated carbocycles. The van der Waals surface area contributed by atoms with Gasteiger partial charge in [-0.2, -0.15) is 0 Å². The third-order valence-electron chi connectivity index (χ3n) is 9.91. The quantitative estimate of drug-likeness (QED) is 0.169. The van der Waals surface area contributed by atoms with Gasteiger partial charge in [-0.1, -0.05) is 134 Å². The van der Waals surface area contributed by atoms with Crippen LogP contribution >= 0.6 is 0 Å². The van der Waals surface area contributed by atoms with Crippen molar-refractivity contribution in [3.8, 4) is 0 Å². The minimum Gasteiger partial charge on any atom is -0.412 e. The van der Waals surface area contributed by atoms with E-state index in [0.29, 0.717) is 36.4 Å². The minimum absolute atomic E-state index is 0.0706. The van der Waals surface area contributed by atoms with E-state index in [4.69, 9.17) is 18.6 Å². The molecule has 3 aromatic rings. The van der Waals surface area contributed by atoms with Crippen LogP contribution in [0.1, 0.15) is 95.7 Å². The zero-order valence-corrected chi connectivity index (χ0v) is 29.6. The van der Waals surface area contributed by atoms with E-state index in [1.807, 2.05) is 12.1 Å². The molecule has 0 aliphatic carbocycles. The van der Waals surface area contributed by atoms with Gasteiger partial charge in [0.1, 0.15) is 12.2 Å². The second kappa shape index (κ2) is 15.8. The minimum atomic E-state index is -2.01. The average molecular weight is 617 g/mol. The van der Waals surface area contributed by atoms with Crippen LogP contribution in [0.5, 0.6) is 0 Å². The molecule has 0 N–H and O–H groups in total. The van der Waals surface area contributed by atoms with Crippen molar-refractivity contribution in [3.05, 3.63) is 107 Å². The van der Waals surface area contributed by atoms with Crippen LogP contribution < -0.4 is 0 Å². The van der Waals surface area contributed by atoms with Gasteiger partial charge >= 0.3 is 0 Å². The van der Waals surface area contributed by atoms with Crippen LogP contribution in [-0.2, 0) is 38.5 Å². The SMILES string of the molecule is CC[C@H]1OC(c2ccc(C)c(CO[Si](C(C)C)(C(C)C)C(C)C)c2)[C@H](OCc2ccccc2)[C@@H](OCc2ccccc2)[C@@H]1C. The van der Waals surface area contributed by atoms with E-state index in [-0.39, 0.29) is 30.3 Å². The molecule has 5 atom stereocenters. The van der Waals surface area contributed by atoms with Gasteiger partial charge in [0.25, 0.3) is 0 Å². The molecule has 0 aromatic heterocycles. The van der Waals surface area contributed by atoms with Crippen LogP contribution in [0, 0.1) is 12.8 Å². The van der Waals surface area contributed by atoms with Gasteiger partial charge in [0.05, 0.1) is 32.0 Å². The second-order valence-corrected chi connectivity index (χ2v) is 19.1. The summed E-state index contributed by atoms with van der Waals surface area (Å²) in [6.07, 6.45) is 0.361. The molecule has 0 radical (unpaired) electrons.